The number of fused-ring (bicyclic) bond motifs is 1. The molecule has 296 valence electrons. The number of carbonyl (C=O) groups excluding carboxylic acids is 5. The molecule has 2 fully saturated rings. The van der Waals surface area contributed by atoms with Gasteiger partial charge in [-0.2, -0.15) is 0 Å². The molecule has 56 heavy (non-hydrogen) atoms. The fourth-order valence-electron chi connectivity index (χ4n) is 7.56. The van der Waals surface area contributed by atoms with Crippen molar-refractivity contribution in [1.29, 1.82) is 0 Å². The minimum atomic E-state index is -0.864. The van der Waals surface area contributed by atoms with Gasteiger partial charge in [-0.05, 0) is 79.5 Å². The van der Waals surface area contributed by atoms with Gasteiger partial charge in [-0.3, -0.25) is 24.3 Å². The maximum atomic E-state index is 14.8. The van der Waals surface area contributed by atoms with E-state index in [1.807, 2.05) is 82.3 Å². The molecule has 0 spiro atoms. The Labute approximate surface area is 326 Å². The number of ether oxygens (including phenoxy) is 2. The number of carbonyl (C=O) groups is 5. The highest BCUT2D eigenvalue weighted by Crippen LogP contribution is 2.35. The van der Waals surface area contributed by atoms with Crippen LogP contribution in [0, 0.1) is 11.8 Å². The fraction of sp³-hybridized carbons (Fsp3) is 0.439. The lowest BCUT2D eigenvalue weighted by Crippen LogP contribution is -2.55. The Morgan fingerprint density at radius 3 is 2.04 bits per heavy atom. The normalized spacial score (nSPS) is 17.9. The Balaban J connectivity index is 1.28. The summed E-state index contributed by atoms with van der Waals surface area (Å²) in [7, 11) is 2.52. The van der Waals surface area contributed by atoms with Crippen LogP contribution in [0.25, 0.3) is 22.2 Å². The number of amides is 5. The highest BCUT2D eigenvalue weighted by Gasteiger charge is 2.41. The molecule has 0 radical (unpaired) electrons. The van der Waals surface area contributed by atoms with Gasteiger partial charge in [-0.15, -0.1) is 0 Å². The second kappa shape index (κ2) is 17.2. The third-order valence-electron chi connectivity index (χ3n) is 10.6. The van der Waals surface area contributed by atoms with Crippen LogP contribution in [0.15, 0.2) is 67.0 Å². The number of methoxy groups -OCH3 is 2. The number of rotatable bonds is 11. The van der Waals surface area contributed by atoms with Gasteiger partial charge in [0, 0.05) is 36.0 Å². The van der Waals surface area contributed by atoms with Crippen LogP contribution in [0.3, 0.4) is 0 Å². The number of pyridine rings is 1. The third-order valence-corrected chi connectivity index (χ3v) is 10.6. The van der Waals surface area contributed by atoms with Crippen molar-refractivity contribution in [3.63, 3.8) is 0 Å². The second-order valence-electron chi connectivity index (χ2n) is 14.9. The quantitative estimate of drug-likeness (QED) is 0.173. The SMILES string of the molecule is COC(=O)NC(C(=O)N1CCCC1c1ncc(-c2ccc(N(C(=O)C3CCCN3C(=O)[C@@H](NC(=O)OC)C(C)C)c3ccc4ncccc4c3)cc2)[nH]1)C(C)C. The molecule has 3 N–H and O–H groups in total. The minimum Gasteiger partial charge on any atom is -0.453 e. The monoisotopic (exact) mass is 766 g/mol. The molecule has 4 atom stereocenters. The number of nitrogens with one attached hydrogen (secondary N) is 3. The summed E-state index contributed by atoms with van der Waals surface area (Å²) in [6, 6.07) is 14.2. The number of likely N-dealkylation sites (tertiary alicyclic amines) is 2. The van der Waals surface area contributed by atoms with Crippen LogP contribution >= 0.6 is 0 Å². The van der Waals surface area contributed by atoms with Crippen molar-refractivity contribution in [3.05, 3.63) is 72.8 Å². The number of imidazole rings is 1. The predicted octanol–water partition coefficient (Wildman–Crippen LogP) is 5.71. The van der Waals surface area contributed by atoms with Gasteiger partial charge in [0.1, 0.15) is 23.9 Å². The first kappa shape index (κ1) is 39.7. The molecule has 4 aromatic rings. The summed E-state index contributed by atoms with van der Waals surface area (Å²) < 4.78 is 9.54. The van der Waals surface area contributed by atoms with Crippen molar-refractivity contribution < 1.29 is 33.4 Å². The largest absolute Gasteiger partial charge is 0.453 e. The third kappa shape index (κ3) is 8.31. The number of hydrogen-bond acceptors (Lipinski definition) is 9. The highest BCUT2D eigenvalue weighted by molar-refractivity contribution is 6.06. The van der Waals surface area contributed by atoms with E-state index in [0.717, 1.165) is 35.0 Å². The molecular formula is C41H50N8O7. The number of hydrogen-bond donors (Lipinski definition) is 3. The van der Waals surface area contributed by atoms with Crippen LogP contribution in [0.2, 0.25) is 0 Å². The number of H-pyrrole nitrogens is 1. The van der Waals surface area contributed by atoms with Gasteiger partial charge in [0.15, 0.2) is 0 Å². The lowest BCUT2D eigenvalue weighted by molar-refractivity contribution is -0.139. The molecule has 0 saturated carbocycles. The first-order chi connectivity index (χ1) is 26.9. The topological polar surface area (TPSA) is 179 Å². The molecule has 0 aliphatic carbocycles. The fourth-order valence-corrected chi connectivity index (χ4v) is 7.56. The van der Waals surface area contributed by atoms with Crippen molar-refractivity contribution in [2.45, 2.75) is 77.5 Å². The van der Waals surface area contributed by atoms with Crippen LogP contribution in [-0.4, -0.2) is 100 Å². The van der Waals surface area contributed by atoms with Crippen molar-refractivity contribution >= 4 is 52.2 Å². The molecule has 2 aliphatic rings. The van der Waals surface area contributed by atoms with Gasteiger partial charge in [0.2, 0.25) is 11.8 Å². The van der Waals surface area contributed by atoms with E-state index >= 15 is 0 Å². The molecule has 6 rings (SSSR count). The van der Waals surface area contributed by atoms with Crippen LogP contribution in [0.4, 0.5) is 21.0 Å². The number of aromatic nitrogens is 3. The van der Waals surface area contributed by atoms with Crippen LogP contribution in [0.5, 0.6) is 0 Å². The summed E-state index contributed by atoms with van der Waals surface area (Å²) >= 11 is 0. The number of benzene rings is 2. The lowest BCUT2D eigenvalue weighted by atomic mass is 10.0. The Kier molecular flexibility index (Phi) is 12.2. The van der Waals surface area contributed by atoms with E-state index in [0.29, 0.717) is 43.1 Å². The molecule has 2 aromatic heterocycles. The van der Waals surface area contributed by atoms with Gasteiger partial charge in [-0.25, -0.2) is 14.6 Å². The smallest absolute Gasteiger partial charge is 0.407 e. The van der Waals surface area contributed by atoms with Crippen molar-refractivity contribution in [2.24, 2.45) is 11.8 Å². The second-order valence-corrected chi connectivity index (χ2v) is 14.9. The molecule has 2 aliphatic heterocycles. The maximum absolute atomic E-state index is 14.8. The molecule has 5 amide bonds. The van der Waals surface area contributed by atoms with Gasteiger partial charge in [0.05, 0.1) is 37.7 Å². The Hall–Kier alpha value is -5.99. The van der Waals surface area contributed by atoms with E-state index in [9.17, 15) is 24.0 Å². The average molecular weight is 767 g/mol. The van der Waals surface area contributed by atoms with E-state index in [1.165, 1.54) is 14.2 Å². The summed E-state index contributed by atoms with van der Waals surface area (Å²) in [5, 5.41) is 6.18. The van der Waals surface area contributed by atoms with Crippen molar-refractivity contribution in [2.75, 3.05) is 32.2 Å². The molecule has 4 heterocycles. The summed E-state index contributed by atoms with van der Waals surface area (Å²) in [6.07, 6.45) is 4.68. The number of alkyl carbamates (subject to hydrolysis) is 2. The Morgan fingerprint density at radius 1 is 0.786 bits per heavy atom. The maximum Gasteiger partial charge on any atom is 0.407 e. The predicted molar refractivity (Wildman–Crippen MR) is 210 cm³/mol. The lowest BCUT2D eigenvalue weighted by Gasteiger charge is -2.33. The Bertz CT molecular complexity index is 2070. The van der Waals surface area contributed by atoms with Crippen molar-refractivity contribution in [3.8, 4) is 11.3 Å². The standard InChI is InChI=1S/C41H50N8O7/c1-24(2)34(45-40(53)55-5)38(51)47-20-8-11-32(47)36-43-23-31(44-36)26-13-15-28(16-14-26)49(29-17-18-30-27(22-29)10-7-19-42-30)37(50)33-12-9-21-48(33)39(52)35(25(3)4)46-41(54)56-6/h7,10,13-19,22-25,32-35H,8-9,11-12,20-21H2,1-6H3,(H,43,44)(H,45,53)(H,46,54)/t32?,33?,34?,35-/m0/s1. The van der Waals surface area contributed by atoms with Gasteiger partial charge in [-0.1, -0.05) is 45.9 Å². The zero-order chi connectivity index (χ0) is 40.1. The van der Waals surface area contributed by atoms with E-state index in [2.05, 4.69) is 25.6 Å². The van der Waals surface area contributed by atoms with E-state index in [1.54, 1.807) is 27.1 Å². The van der Waals surface area contributed by atoms with E-state index < -0.39 is 30.3 Å². The summed E-state index contributed by atoms with van der Waals surface area (Å²) in [6.45, 7) is 8.34. The van der Waals surface area contributed by atoms with E-state index in [4.69, 9.17) is 9.47 Å². The summed E-state index contributed by atoms with van der Waals surface area (Å²) in [4.78, 5) is 84.0. The van der Waals surface area contributed by atoms with Crippen LogP contribution in [-0.2, 0) is 23.9 Å². The number of aromatic amines is 1. The molecule has 3 unspecified atom stereocenters. The number of anilines is 2. The highest BCUT2D eigenvalue weighted by atomic mass is 16.5. The van der Waals surface area contributed by atoms with Crippen LogP contribution in [0.1, 0.15) is 65.2 Å². The minimum absolute atomic E-state index is 0.149. The molecule has 2 saturated heterocycles. The zero-order valence-electron chi connectivity index (χ0n) is 32.7. The molecule has 0 bridgehead atoms. The van der Waals surface area contributed by atoms with Crippen LogP contribution < -0.4 is 15.5 Å². The van der Waals surface area contributed by atoms with Gasteiger partial charge >= 0.3 is 12.2 Å². The van der Waals surface area contributed by atoms with E-state index in [-0.39, 0.29) is 35.6 Å². The van der Waals surface area contributed by atoms with Crippen molar-refractivity contribution in [1.82, 2.24) is 35.4 Å². The summed E-state index contributed by atoms with van der Waals surface area (Å²) in [5.41, 5.74) is 3.55. The molecule has 15 nitrogen and oxygen atoms in total. The summed E-state index contributed by atoms with van der Waals surface area (Å²) in [5.74, 6) is -0.546. The zero-order valence-corrected chi connectivity index (χ0v) is 32.7. The molecule has 2 aromatic carbocycles. The molecular weight excluding hydrogens is 716 g/mol. The first-order valence-corrected chi connectivity index (χ1v) is 19.1. The first-order valence-electron chi connectivity index (χ1n) is 19.1. The number of nitrogens with zero attached hydrogens (tertiary/aromatic N) is 5. The van der Waals surface area contributed by atoms with Gasteiger partial charge < -0.3 is 34.9 Å². The van der Waals surface area contributed by atoms with Gasteiger partial charge in [0.25, 0.3) is 5.91 Å². The Morgan fingerprint density at radius 2 is 1.39 bits per heavy atom. The average Bonchev–Trinajstić information content (AvgIpc) is 4.00. The molecule has 15 heteroatoms.